The van der Waals surface area contributed by atoms with E-state index >= 15 is 0 Å². The number of H-pyrrole nitrogens is 1. The van der Waals surface area contributed by atoms with E-state index in [0.29, 0.717) is 28.8 Å². The van der Waals surface area contributed by atoms with Crippen LogP contribution in [0.5, 0.6) is 5.75 Å². The normalized spacial score (nSPS) is 15.1. The molecule has 0 atom stereocenters. The Kier molecular flexibility index (Phi) is 5.04. The molecule has 27 heavy (non-hydrogen) atoms. The van der Waals surface area contributed by atoms with Crippen LogP contribution in [0.4, 0.5) is 0 Å². The average Bonchev–Trinajstić information content (AvgIpc) is 3.17. The highest BCUT2D eigenvalue weighted by Gasteiger charge is 2.17. The van der Waals surface area contributed by atoms with E-state index in [2.05, 4.69) is 20.9 Å². The quantitative estimate of drug-likeness (QED) is 0.695. The molecule has 2 aromatic heterocycles. The minimum Gasteiger partial charge on any atom is -0.492 e. The van der Waals surface area contributed by atoms with Crippen LogP contribution in [-0.4, -0.2) is 60.2 Å². The lowest BCUT2D eigenvalue weighted by Crippen LogP contribution is -2.38. The number of amides is 1. The zero-order chi connectivity index (χ0) is 18.6. The van der Waals surface area contributed by atoms with Gasteiger partial charge in [-0.15, -0.1) is 0 Å². The fraction of sp³-hybridized carbons (Fsp3) is 0.300. The fourth-order valence-corrected chi connectivity index (χ4v) is 3.28. The molecule has 1 fully saturated rings. The number of benzene rings is 1. The van der Waals surface area contributed by atoms with Crippen LogP contribution in [0.3, 0.4) is 0 Å². The fourth-order valence-electron chi connectivity index (χ4n) is 3.28. The minimum atomic E-state index is -0.508. The van der Waals surface area contributed by atoms with Gasteiger partial charge in [0.25, 0.3) is 0 Å². The second-order valence-corrected chi connectivity index (χ2v) is 6.40. The van der Waals surface area contributed by atoms with Crippen molar-refractivity contribution < 1.29 is 14.3 Å². The summed E-state index contributed by atoms with van der Waals surface area (Å²) in [4.78, 5) is 21.7. The Labute approximate surface area is 157 Å². The van der Waals surface area contributed by atoms with Gasteiger partial charge in [0.1, 0.15) is 18.0 Å². The summed E-state index contributed by atoms with van der Waals surface area (Å²) in [7, 11) is 0. The predicted octanol–water partition coefficient (Wildman–Crippen LogP) is 1.84. The number of hydrogen-bond donors (Lipinski definition) is 2. The Morgan fingerprint density at radius 2 is 2.22 bits per heavy atom. The molecule has 139 valence electrons. The molecule has 3 heterocycles. The molecule has 0 bridgehead atoms. The highest BCUT2D eigenvalue weighted by molar-refractivity contribution is 6.10. The van der Waals surface area contributed by atoms with Crippen LogP contribution in [0.2, 0.25) is 0 Å². The van der Waals surface area contributed by atoms with Crippen molar-refractivity contribution in [3.05, 3.63) is 48.3 Å². The van der Waals surface area contributed by atoms with Crippen molar-refractivity contribution in [2.24, 2.45) is 5.73 Å². The Morgan fingerprint density at radius 1 is 1.37 bits per heavy atom. The van der Waals surface area contributed by atoms with Gasteiger partial charge in [0.05, 0.1) is 18.8 Å². The van der Waals surface area contributed by atoms with Crippen LogP contribution >= 0.6 is 0 Å². The smallest absolute Gasteiger partial charge is 0.250 e. The van der Waals surface area contributed by atoms with E-state index in [-0.39, 0.29) is 0 Å². The zero-order valence-electron chi connectivity index (χ0n) is 14.9. The van der Waals surface area contributed by atoms with Gasteiger partial charge in [-0.2, -0.15) is 0 Å². The first-order valence-electron chi connectivity index (χ1n) is 8.93. The number of nitrogens with one attached hydrogen (secondary N) is 1. The lowest BCUT2D eigenvalue weighted by atomic mass is 9.99. The first kappa shape index (κ1) is 17.5. The van der Waals surface area contributed by atoms with Crippen LogP contribution in [-0.2, 0) is 4.74 Å². The predicted molar refractivity (Wildman–Crippen MR) is 102 cm³/mol. The number of nitrogens with two attached hydrogens (primary N) is 1. The number of hydrogen-bond acceptors (Lipinski definition) is 5. The monoisotopic (exact) mass is 365 g/mol. The van der Waals surface area contributed by atoms with Gasteiger partial charge in [0, 0.05) is 49.0 Å². The number of carbonyl (C=O) groups is 1. The number of morpholine rings is 1. The molecule has 3 N–H and O–H groups in total. The molecule has 1 aliphatic rings. The van der Waals surface area contributed by atoms with Crippen molar-refractivity contribution in [3.63, 3.8) is 0 Å². The lowest BCUT2D eigenvalue weighted by Gasteiger charge is -2.26. The Balaban J connectivity index is 1.54. The topological polar surface area (TPSA) is 93.5 Å². The zero-order valence-corrected chi connectivity index (χ0v) is 14.9. The molecule has 0 saturated carbocycles. The first-order valence-corrected chi connectivity index (χ1v) is 8.93. The van der Waals surface area contributed by atoms with E-state index in [1.807, 2.05) is 24.3 Å². The van der Waals surface area contributed by atoms with Crippen LogP contribution in [0.1, 0.15) is 10.4 Å². The van der Waals surface area contributed by atoms with Crippen molar-refractivity contribution in [2.45, 2.75) is 0 Å². The van der Waals surface area contributed by atoms with Crippen molar-refractivity contribution in [2.75, 3.05) is 39.5 Å². The summed E-state index contributed by atoms with van der Waals surface area (Å²) in [5.41, 5.74) is 8.13. The van der Waals surface area contributed by atoms with E-state index in [0.717, 1.165) is 44.2 Å². The molecule has 0 aliphatic carbocycles. The summed E-state index contributed by atoms with van der Waals surface area (Å²) < 4.78 is 11.3. The minimum absolute atomic E-state index is 0.409. The van der Waals surface area contributed by atoms with Crippen molar-refractivity contribution >= 4 is 16.9 Å². The Bertz CT molecular complexity index is 947. The number of aromatic nitrogens is 2. The molecule has 1 amide bonds. The Morgan fingerprint density at radius 3 is 3.04 bits per heavy atom. The molecule has 4 rings (SSSR count). The third kappa shape index (κ3) is 3.79. The molecule has 1 saturated heterocycles. The van der Waals surface area contributed by atoms with Crippen molar-refractivity contribution in [1.29, 1.82) is 0 Å². The number of rotatable bonds is 6. The molecule has 3 aromatic rings. The van der Waals surface area contributed by atoms with Crippen molar-refractivity contribution in [3.8, 4) is 16.9 Å². The van der Waals surface area contributed by atoms with E-state index in [9.17, 15) is 4.79 Å². The van der Waals surface area contributed by atoms with E-state index in [1.54, 1.807) is 12.4 Å². The molecule has 7 nitrogen and oxygen atoms in total. The summed E-state index contributed by atoms with van der Waals surface area (Å²) in [5.74, 6) is 0.237. The van der Waals surface area contributed by atoms with E-state index < -0.39 is 5.91 Å². The molecular formula is C20H21N4O3. The molecule has 7 heteroatoms. The molecular weight excluding hydrogens is 344 g/mol. The number of carbonyl (C=O) groups excluding carboxylic acids is 1. The van der Waals surface area contributed by atoms with Crippen LogP contribution < -0.4 is 10.5 Å². The van der Waals surface area contributed by atoms with Gasteiger partial charge in [0.2, 0.25) is 5.91 Å². The summed E-state index contributed by atoms with van der Waals surface area (Å²) in [5, 5.41) is 0.596. The highest BCUT2D eigenvalue weighted by Crippen LogP contribution is 2.30. The number of ether oxygens (including phenoxy) is 2. The maximum absolute atomic E-state index is 12.1. The second kappa shape index (κ2) is 7.77. The van der Waals surface area contributed by atoms with Gasteiger partial charge in [-0.3, -0.25) is 9.69 Å². The molecule has 0 spiro atoms. The number of primary amides is 1. The third-order valence-corrected chi connectivity index (χ3v) is 4.68. The summed E-state index contributed by atoms with van der Waals surface area (Å²) in [6.07, 6.45) is 3.28. The van der Waals surface area contributed by atoms with E-state index in [4.69, 9.17) is 15.2 Å². The van der Waals surface area contributed by atoms with Crippen LogP contribution in [0.15, 0.2) is 36.7 Å². The van der Waals surface area contributed by atoms with Gasteiger partial charge in [-0.25, -0.2) is 4.98 Å². The molecule has 0 unspecified atom stereocenters. The molecule has 1 radical (unpaired) electrons. The van der Waals surface area contributed by atoms with Crippen LogP contribution in [0, 0.1) is 6.07 Å². The maximum Gasteiger partial charge on any atom is 0.250 e. The molecule has 1 aliphatic heterocycles. The largest absolute Gasteiger partial charge is 0.492 e. The van der Waals surface area contributed by atoms with Crippen molar-refractivity contribution in [1.82, 2.24) is 14.9 Å². The number of aromatic amines is 1. The second-order valence-electron chi connectivity index (χ2n) is 6.40. The third-order valence-electron chi connectivity index (χ3n) is 4.68. The standard InChI is InChI=1S/C20H21N4O3/c21-19(25)18-16-4-5-22-20(16)23-13-17(18)14-2-1-3-15(12-14)27-11-8-24-6-9-26-10-7-24/h1-3,5,12-13H,6-11H2,(H2,21,25)(H,22,23). The van der Waals surface area contributed by atoms with Crippen LogP contribution in [0.25, 0.3) is 22.2 Å². The summed E-state index contributed by atoms with van der Waals surface area (Å²) >= 11 is 0. The van der Waals surface area contributed by atoms with E-state index in [1.165, 1.54) is 0 Å². The average molecular weight is 365 g/mol. The summed E-state index contributed by atoms with van der Waals surface area (Å²) in [6, 6.07) is 10.6. The molecule has 1 aromatic carbocycles. The highest BCUT2D eigenvalue weighted by atomic mass is 16.5. The lowest BCUT2D eigenvalue weighted by molar-refractivity contribution is 0.0322. The summed E-state index contributed by atoms with van der Waals surface area (Å²) in [6.45, 7) is 4.86. The number of nitrogens with zero attached hydrogens (tertiary/aromatic N) is 2. The van der Waals surface area contributed by atoms with Gasteiger partial charge < -0.3 is 20.2 Å². The van der Waals surface area contributed by atoms with Gasteiger partial charge in [-0.05, 0) is 17.7 Å². The maximum atomic E-state index is 12.1. The SMILES string of the molecule is NC(=O)c1c(-c2cccc(OCCN3CCOCC3)c2)cnc2[nH]c[c]c12. The van der Waals surface area contributed by atoms with Gasteiger partial charge >= 0.3 is 0 Å². The Hall–Kier alpha value is -2.90. The first-order chi connectivity index (χ1) is 13.2. The number of fused-ring (bicyclic) bond motifs is 1. The number of pyridine rings is 1. The van der Waals surface area contributed by atoms with Gasteiger partial charge in [0.15, 0.2) is 0 Å². The van der Waals surface area contributed by atoms with Gasteiger partial charge in [-0.1, -0.05) is 12.1 Å².